The van der Waals surface area contributed by atoms with Gasteiger partial charge in [0, 0.05) is 29.3 Å². The quantitative estimate of drug-likeness (QED) is 0.497. The first-order chi connectivity index (χ1) is 13.8. The number of benzene rings is 2. The summed E-state index contributed by atoms with van der Waals surface area (Å²) in [4.78, 5) is 16.8. The van der Waals surface area contributed by atoms with Crippen molar-refractivity contribution < 1.29 is 4.79 Å². The van der Waals surface area contributed by atoms with E-state index in [1.807, 2.05) is 37.4 Å². The summed E-state index contributed by atoms with van der Waals surface area (Å²) in [5.41, 5.74) is 7.27. The largest absolute Gasteiger partial charge is 0.273 e. The van der Waals surface area contributed by atoms with E-state index in [1.54, 1.807) is 6.20 Å². The van der Waals surface area contributed by atoms with Gasteiger partial charge >= 0.3 is 0 Å². The number of hydrogen-bond donors (Lipinski definition) is 1. The van der Waals surface area contributed by atoms with Crippen LogP contribution in [0.1, 0.15) is 56.7 Å². The van der Waals surface area contributed by atoms with Crippen LogP contribution >= 0.6 is 0 Å². The van der Waals surface area contributed by atoms with Gasteiger partial charge in [0.25, 0.3) is 0 Å². The molecule has 4 rings (SSSR count). The minimum atomic E-state index is -0.00356. The zero-order valence-corrected chi connectivity index (χ0v) is 17.4. The molecular formula is C25H27N3O. The second-order valence-electron chi connectivity index (χ2n) is 8.90. The number of hydrogen-bond acceptors (Lipinski definition) is 3. The number of nitrogens with zero attached hydrogens (tertiary/aromatic N) is 2. The lowest BCUT2D eigenvalue weighted by atomic mass is 9.86. The molecule has 0 radical (unpaired) electrons. The molecule has 0 bridgehead atoms. The van der Waals surface area contributed by atoms with Crippen molar-refractivity contribution in [2.75, 3.05) is 0 Å². The van der Waals surface area contributed by atoms with Crippen LogP contribution in [0, 0.1) is 5.92 Å². The molecule has 1 aliphatic rings. The van der Waals surface area contributed by atoms with Crippen molar-refractivity contribution in [1.82, 2.24) is 10.4 Å². The number of fused-ring (bicyclic) bond motifs is 1. The minimum Gasteiger partial charge on any atom is -0.273 e. The first kappa shape index (κ1) is 19.3. The summed E-state index contributed by atoms with van der Waals surface area (Å²) in [6, 6.07) is 16.7. The van der Waals surface area contributed by atoms with Crippen LogP contribution in [0.4, 0.5) is 0 Å². The second kappa shape index (κ2) is 7.43. The average molecular weight is 386 g/mol. The number of pyridine rings is 1. The monoisotopic (exact) mass is 385 g/mol. The molecule has 2 aromatic carbocycles. The van der Waals surface area contributed by atoms with Gasteiger partial charge in [0.2, 0.25) is 5.91 Å². The molecule has 0 saturated heterocycles. The predicted molar refractivity (Wildman–Crippen MR) is 118 cm³/mol. The molecule has 0 aliphatic heterocycles. The van der Waals surface area contributed by atoms with Gasteiger partial charge in [-0.25, -0.2) is 5.43 Å². The lowest BCUT2D eigenvalue weighted by Crippen LogP contribution is -2.21. The number of nitrogens with one attached hydrogen (secondary N) is 1. The Morgan fingerprint density at radius 1 is 1.10 bits per heavy atom. The number of carbonyl (C=O) groups excluding carboxylic acids is 1. The molecule has 148 valence electrons. The highest BCUT2D eigenvalue weighted by atomic mass is 16.2. The van der Waals surface area contributed by atoms with Crippen molar-refractivity contribution in [3.05, 3.63) is 77.6 Å². The van der Waals surface area contributed by atoms with Crippen LogP contribution in [0.15, 0.2) is 66.0 Å². The number of aromatic nitrogens is 1. The highest BCUT2D eigenvalue weighted by Crippen LogP contribution is 2.47. The van der Waals surface area contributed by atoms with E-state index in [4.69, 9.17) is 0 Å². The predicted octanol–water partition coefficient (Wildman–Crippen LogP) is 5.18. The summed E-state index contributed by atoms with van der Waals surface area (Å²) in [7, 11) is 0. The molecule has 4 nitrogen and oxygen atoms in total. The summed E-state index contributed by atoms with van der Waals surface area (Å²) in [6.45, 7) is 8.55. The van der Waals surface area contributed by atoms with Crippen molar-refractivity contribution in [3.63, 3.8) is 0 Å². The van der Waals surface area contributed by atoms with Crippen molar-refractivity contribution in [1.29, 1.82) is 0 Å². The van der Waals surface area contributed by atoms with E-state index in [0.717, 1.165) is 28.5 Å². The molecule has 1 amide bonds. The van der Waals surface area contributed by atoms with E-state index >= 15 is 0 Å². The summed E-state index contributed by atoms with van der Waals surface area (Å²) >= 11 is 0. The Morgan fingerprint density at radius 3 is 2.59 bits per heavy atom. The molecule has 3 aromatic rings. The summed E-state index contributed by atoms with van der Waals surface area (Å²) in [6.07, 6.45) is 4.50. The number of carbonyl (C=O) groups is 1. The molecule has 1 aromatic heterocycles. The van der Waals surface area contributed by atoms with Gasteiger partial charge in [-0.1, -0.05) is 63.2 Å². The Bertz CT molecular complexity index is 1070. The molecule has 1 aliphatic carbocycles. The smallest absolute Gasteiger partial charge is 0.243 e. The minimum absolute atomic E-state index is 0.00348. The highest BCUT2D eigenvalue weighted by molar-refractivity contribution is 6.09. The fourth-order valence-electron chi connectivity index (χ4n) is 3.80. The van der Waals surface area contributed by atoms with Gasteiger partial charge in [-0.2, -0.15) is 5.10 Å². The van der Waals surface area contributed by atoms with Gasteiger partial charge in [0.15, 0.2) is 0 Å². The van der Waals surface area contributed by atoms with E-state index in [1.165, 1.54) is 11.1 Å². The van der Waals surface area contributed by atoms with Gasteiger partial charge in [-0.15, -0.1) is 0 Å². The molecule has 4 heteroatoms. The third-order valence-electron chi connectivity index (χ3n) is 5.74. The number of rotatable bonds is 4. The molecule has 1 saturated carbocycles. The first-order valence-electron chi connectivity index (χ1n) is 10.1. The molecular weight excluding hydrogens is 358 g/mol. The van der Waals surface area contributed by atoms with Crippen LogP contribution in [-0.2, 0) is 10.2 Å². The van der Waals surface area contributed by atoms with Gasteiger partial charge in [0.05, 0.1) is 5.71 Å². The van der Waals surface area contributed by atoms with E-state index in [2.05, 4.69) is 60.5 Å². The Hall–Kier alpha value is -3.01. The molecule has 1 N–H and O–H groups in total. The third-order valence-corrected chi connectivity index (χ3v) is 5.74. The van der Waals surface area contributed by atoms with Crippen LogP contribution in [0.3, 0.4) is 0 Å². The Labute approximate surface area is 172 Å². The SMILES string of the molecule is CC(=NNC(=O)C1CC1c1ccc(C(C)(C)C)cc1)c1cccc2cnccc12. The van der Waals surface area contributed by atoms with E-state index in [9.17, 15) is 4.79 Å². The zero-order valence-electron chi connectivity index (χ0n) is 17.4. The van der Waals surface area contributed by atoms with E-state index in [0.29, 0.717) is 5.92 Å². The lowest BCUT2D eigenvalue weighted by Gasteiger charge is -2.19. The third kappa shape index (κ3) is 4.07. The Balaban J connectivity index is 1.43. The second-order valence-corrected chi connectivity index (χ2v) is 8.90. The molecule has 2 unspecified atom stereocenters. The van der Waals surface area contributed by atoms with Crippen molar-refractivity contribution >= 4 is 22.4 Å². The summed E-state index contributed by atoms with van der Waals surface area (Å²) in [5, 5.41) is 6.52. The summed E-state index contributed by atoms with van der Waals surface area (Å²) < 4.78 is 0. The van der Waals surface area contributed by atoms with E-state index in [-0.39, 0.29) is 17.2 Å². The van der Waals surface area contributed by atoms with Crippen LogP contribution in [0.25, 0.3) is 10.8 Å². The number of hydrazone groups is 1. The maximum absolute atomic E-state index is 12.6. The maximum Gasteiger partial charge on any atom is 0.243 e. The van der Waals surface area contributed by atoms with Crippen LogP contribution in [0.5, 0.6) is 0 Å². The summed E-state index contributed by atoms with van der Waals surface area (Å²) in [5.74, 6) is 0.294. The van der Waals surface area contributed by atoms with Gasteiger partial charge < -0.3 is 0 Å². The molecule has 1 fully saturated rings. The normalized spacial score (nSPS) is 19.2. The Morgan fingerprint density at radius 2 is 1.86 bits per heavy atom. The Kier molecular flexibility index (Phi) is 4.95. The molecule has 2 atom stereocenters. The molecule has 0 spiro atoms. The number of amides is 1. The van der Waals surface area contributed by atoms with Crippen LogP contribution in [-0.4, -0.2) is 16.6 Å². The average Bonchev–Trinajstić information content (AvgIpc) is 3.52. The highest BCUT2D eigenvalue weighted by Gasteiger charge is 2.44. The fourth-order valence-corrected chi connectivity index (χ4v) is 3.80. The standard InChI is InChI=1S/C25H27N3O/c1-16(20-7-5-6-18-15-26-13-12-21(18)20)27-28-24(29)23-14-22(23)17-8-10-19(11-9-17)25(2,3)4/h5-13,15,22-23H,14H2,1-4H3,(H,28,29). The van der Waals surface area contributed by atoms with Crippen molar-refractivity contribution in [3.8, 4) is 0 Å². The maximum atomic E-state index is 12.6. The molecule has 29 heavy (non-hydrogen) atoms. The van der Waals surface area contributed by atoms with Gasteiger partial charge in [-0.3, -0.25) is 9.78 Å². The van der Waals surface area contributed by atoms with Crippen molar-refractivity contribution in [2.24, 2.45) is 11.0 Å². The lowest BCUT2D eigenvalue weighted by molar-refractivity contribution is -0.122. The molecule has 1 heterocycles. The zero-order chi connectivity index (χ0) is 20.6. The van der Waals surface area contributed by atoms with Crippen molar-refractivity contribution in [2.45, 2.75) is 45.4 Å². The topological polar surface area (TPSA) is 54.4 Å². The first-order valence-corrected chi connectivity index (χ1v) is 10.1. The van der Waals surface area contributed by atoms with Gasteiger partial charge in [0.1, 0.15) is 0 Å². The van der Waals surface area contributed by atoms with E-state index < -0.39 is 0 Å². The fraction of sp³-hybridized carbons (Fsp3) is 0.320. The van der Waals surface area contributed by atoms with Gasteiger partial charge in [-0.05, 0) is 47.3 Å². The van der Waals surface area contributed by atoms with Crippen LogP contribution in [0.2, 0.25) is 0 Å². The van der Waals surface area contributed by atoms with Crippen LogP contribution < -0.4 is 5.43 Å².